The highest BCUT2D eigenvalue weighted by atomic mass is 35.5. The van der Waals surface area contributed by atoms with Gasteiger partial charge in [-0.3, -0.25) is 4.99 Å². The lowest BCUT2D eigenvalue weighted by Crippen LogP contribution is -2.09. The van der Waals surface area contributed by atoms with Crippen LogP contribution in [-0.2, 0) is 0 Å². The normalized spacial score (nSPS) is 12.3. The summed E-state index contributed by atoms with van der Waals surface area (Å²) >= 11 is 5.76. The van der Waals surface area contributed by atoms with Crippen LogP contribution in [0.3, 0.4) is 0 Å². The van der Waals surface area contributed by atoms with Crippen molar-refractivity contribution in [2.24, 2.45) is 4.99 Å². The van der Waals surface area contributed by atoms with Gasteiger partial charge in [-0.05, 0) is 38.5 Å². The van der Waals surface area contributed by atoms with E-state index in [0.717, 1.165) is 10.6 Å². The van der Waals surface area contributed by atoms with Gasteiger partial charge in [-0.2, -0.15) is 0 Å². The first-order valence-corrected chi connectivity index (χ1v) is 4.66. The van der Waals surface area contributed by atoms with Crippen LogP contribution in [0.15, 0.2) is 29.3 Å². The average molecular weight is 196 g/mol. The van der Waals surface area contributed by atoms with Gasteiger partial charge in [0.15, 0.2) is 0 Å². The summed E-state index contributed by atoms with van der Waals surface area (Å²) in [5.41, 5.74) is 1.07. The van der Waals surface area contributed by atoms with E-state index in [2.05, 4.69) is 25.8 Å². The van der Waals surface area contributed by atoms with Crippen molar-refractivity contribution in [2.75, 3.05) is 0 Å². The van der Waals surface area contributed by atoms with Gasteiger partial charge < -0.3 is 0 Å². The van der Waals surface area contributed by atoms with E-state index in [1.165, 1.54) is 0 Å². The molecule has 0 aliphatic rings. The molecule has 0 aliphatic carbocycles. The zero-order valence-electron chi connectivity index (χ0n) is 8.21. The topological polar surface area (TPSA) is 12.4 Å². The van der Waals surface area contributed by atoms with Gasteiger partial charge in [-0.15, -0.1) is 0 Å². The van der Waals surface area contributed by atoms with Crippen LogP contribution in [0.2, 0.25) is 5.02 Å². The quantitative estimate of drug-likeness (QED) is 0.608. The number of benzene rings is 1. The lowest BCUT2D eigenvalue weighted by atomic mass is 10.1. The van der Waals surface area contributed by atoms with Crippen LogP contribution in [-0.4, -0.2) is 11.8 Å². The van der Waals surface area contributed by atoms with Crippen LogP contribution in [0.1, 0.15) is 26.3 Å². The summed E-state index contributed by atoms with van der Waals surface area (Å²) in [5.74, 6) is 0. The molecule has 0 aliphatic heterocycles. The predicted octanol–water partition coefficient (Wildman–Crippen LogP) is 3.56. The number of hydrogen-bond acceptors (Lipinski definition) is 1. The fourth-order valence-corrected chi connectivity index (χ4v) is 0.943. The molecule has 0 aromatic heterocycles. The Morgan fingerprint density at radius 3 is 2.15 bits per heavy atom. The van der Waals surface area contributed by atoms with E-state index in [1.807, 2.05) is 30.5 Å². The molecule has 0 radical (unpaired) electrons. The Hall–Kier alpha value is -0.820. The second-order valence-corrected chi connectivity index (χ2v) is 4.42. The molecule has 0 atom stereocenters. The van der Waals surface area contributed by atoms with Crippen LogP contribution < -0.4 is 0 Å². The minimum absolute atomic E-state index is 0.0142. The highest BCUT2D eigenvalue weighted by Gasteiger charge is 2.04. The second-order valence-electron chi connectivity index (χ2n) is 3.98. The molecule has 0 bridgehead atoms. The molecular weight excluding hydrogens is 182 g/mol. The van der Waals surface area contributed by atoms with Crippen molar-refractivity contribution in [2.45, 2.75) is 26.3 Å². The van der Waals surface area contributed by atoms with Crippen molar-refractivity contribution in [3.8, 4) is 0 Å². The molecule has 1 nitrogen and oxygen atoms in total. The third kappa shape index (κ3) is 4.09. The Bertz CT molecular complexity index is 293. The minimum Gasteiger partial charge on any atom is -0.287 e. The Kier molecular flexibility index (Phi) is 3.10. The van der Waals surface area contributed by atoms with Crippen LogP contribution in [0.4, 0.5) is 0 Å². The summed E-state index contributed by atoms with van der Waals surface area (Å²) in [6, 6.07) is 7.65. The number of hydrogen-bond donors (Lipinski definition) is 0. The van der Waals surface area contributed by atoms with Crippen molar-refractivity contribution in [3.63, 3.8) is 0 Å². The van der Waals surface area contributed by atoms with Crippen molar-refractivity contribution in [1.82, 2.24) is 0 Å². The van der Waals surface area contributed by atoms with Crippen LogP contribution in [0, 0.1) is 0 Å². The number of rotatable bonds is 1. The highest BCUT2D eigenvalue weighted by molar-refractivity contribution is 6.30. The Labute approximate surface area is 84.5 Å². The Morgan fingerprint density at radius 2 is 1.69 bits per heavy atom. The maximum atomic E-state index is 5.76. The van der Waals surface area contributed by atoms with Gasteiger partial charge in [0.05, 0.1) is 5.54 Å². The van der Waals surface area contributed by atoms with Crippen molar-refractivity contribution in [1.29, 1.82) is 0 Å². The SMILES string of the molecule is CC(C)(C)/N=C/c1ccc(Cl)cc1. The average Bonchev–Trinajstić information content (AvgIpc) is 2.02. The van der Waals surface area contributed by atoms with Gasteiger partial charge in [0, 0.05) is 11.2 Å². The van der Waals surface area contributed by atoms with Crippen LogP contribution >= 0.6 is 11.6 Å². The highest BCUT2D eigenvalue weighted by Crippen LogP contribution is 2.10. The van der Waals surface area contributed by atoms with E-state index in [-0.39, 0.29) is 5.54 Å². The maximum absolute atomic E-state index is 5.76. The fraction of sp³-hybridized carbons (Fsp3) is 0.364. The fourth-order valence-electron chi connectivity index (χ4n) is 0.817. The lowest BCUT2D eigenvalue weighted by molar-refractivity contribution is 0.586. The molecule has 0 amide bonds. The number of aliphatic imine (C=N–C) groups is 1. The molecule has 0 unspecified atom stereocenters. The summed E-state index contributed by atoms with van der Waals surface area (Å²) in [6.07, 6.45) is 1.87. The van der Waals surface area contributed by atoms with Gasteiger partial charge in [0.1, 0.15) is 0 Å². The molecule has 1 aromatic carbocycles. The van der Waals surface area contributed by atoms with E-state index in [0.29, 0.717) is 0 Å². The molecule has 2 heteroatoms. The van der Waals surface area contributed by atoms with Gasteiger partial charge in [0.25, 0.3) is 0 Å². The zero-order valence-corrected chi connectivity index (χ0v) is 8.97. The van der Waals surface area contributed by atoms with E-state index in [4.69, 9.17) is 11.6 Å². The molecular formula is C11H14ClN. The first kappa shape index (κ1) is 10.3. The molecule has 1 aromatic rings. The molecule has 13 heavy (non-hydrogen) atoms. The van der Waals surface area contributed by atoms with E-state index in [1.54, 1.807) is 0 Å². The molecule has 0 saturated carbocycles. The van der Waals surface area contributed by atoms with Crippen LogP contribution in [0.25, 0.3) is 0 Å². The molecule has 0 fully saturated rings. The third-order valence-electron chi connectivity index (χ3n) is 1.47. The molecule has 1 rings (SSSR count). The zero-order chi connectivity index (χ0) is 9.90. The molecule has 70 valence electrons. The molecule has 0 N–H and O–H groups in total. The number of nitrogens with zero attached hydrogens (tertiary/aromatic N) is 1. The Balaban J connectivity index is 2.75. The van der Waals surface area contributed by atoms with Crippen molar-refractivity contribution < 1.29 is 0 Å². The summed E-state index contributed by atoms with van der Waals surface area (Å²) in [6.45, 7) is 6.21. The van der Waals surface area contributed by atoms with Gasteiger partial charge in [-0.1, -0.05) is 23.7 Å². The first-order chi connectivity index (χ1) is 5.97. The van der Waals surface area contributed by atoms with Gasteiger partial charge in [0.2, 0.25) is 0 Å². The van der Waals surface area contributed by atoms with Crippen molar-refractivity contribution >= 4 is 17.8 Å². The lowest BCUT2D eigenvalue weighted by Gasteiger charge is -2.10. The summed E-state index contributed by atoms with van der Waals surface area (Å²) < 4.78 is 0. The van der Waals surface area contributed by atoms with Gasteiger partial charge >= 0.3 is 0 Å². The first-order valence-electron chi connectivity index (χ1n) is 4.28. The predicted molar refractivity (Wildman–Crippen MR) is 58.8 cm³/mol. The summed E-state index contributed by atoms with van der Waals surface area (Å²) in [7, 11) is 0. The molecule has 0 heterocycles. The smallest absolute Gasteiger partial charge is 0.0524 e. The third-order valence-corrected chi connectivity index (χ3v) is 1.72. The molecule has 0 saturated heterocycles. The van der Waals surface area contributed by atoms with E-state index >= 15 is 0 Å². The number of halogens is 1. The monoisotopic (exact) mass is 195 g/mol. The largest absolute Gasteiger partial charge is 0.287 e. The Morgan fingerprint density at radius 1 is 1.15 bits per heavy atom. The van der Waals surface area contributed by atoms with Crippen molar-refractivity contribution in [3.05, 3.63) is 34.9 Å². The van der Waals surface area contributed by atoms with Crippen LogP contribution in [0.5, 0.6) is 0 Å². The van der Waals surface area contributed by atoms with E-state index in [9.17, 15) is 0 Å². The summed E-state index contributed by atoms with van der Waals surface area (Å²) in [4.78, 5) is 4.39. The molecule has 0 spiro atoms. The maximum Gasteiger partial charge on any atom is 0.0524 e. The second kappa shape index (κ2) is 3.93. The van der Waals surface area contributed by atoms with Gasteiger partial charge in [-0.25, -0.2) is 0 Å². The minimum atomic E-state index is -0.0142. The summed E-state index contributed by atoms with van der Waals surface area (Å²) in [5, 5.41) is 0.757. The van der Waals surface area contributed by atoms with E-state index < -0.39 is 0 Å². The standard InChI is InChI=1S/C11H14ClN/c1-11(2,3)13-8-9-4-6-10(12)7-5-9/h4-8H,1-3H3/b13-8+.